The normalized spacial score (nSPS) is 15.8. The van der Waals surface area contributed by atoms with Gasteiger partial charge in [-0.15, -0.1) is 0 Å². The summed E-state index contributed by atoms with van der Waals surface area (Å²) < 4.78 is 5.74. The number of carbonyl (C=O) groups excluding carboxylic acids is 1. The van der Waals surface area contributed by atoms with Crippen molar-refractivity contribution in [2.24, 2.45) is 0 Å². The van der Waals surface area contributed by atoms with Crippen LogP contribution >= 0.6 is 0 Å². The smallest absolute Gasteiger partial charge is 0.287 e. The Balaban J connectivity index is 1.22. The molecule has 146 valence electrons. The third-order valence-corrected chi connectivity index (χ3v) is 5.48. The van der Waals surface area contributed by atoms with Gasteiger partial charge in [0.2, 0.25) is 0 Å². The topological polar surface area (TPSA) is 48.7 Å². The molecule has 0 unspecified atom stereocenters. The highest BCUT2D eigenvalue weighted by Crippen LogP contribution is 2.24. The molecule has 0 atom stereocenters. The second kappa shape index (κ2) is 8.59. The lowest BCUT2D eigenvalue weighted by Crippen LogP contribution is -2.48. The van der Waals surface area contributed by atoms with Crippen molar-refractivity contribution in [2.45, 2.75) is 13.5 Å². The van der Waals surface area contributed by atoms with E-state index in [4.69, 9.17) is 4.42 Å². The lowest BCUT2D eigenvalue weighted by Gasteiger charge is -2.34. The van der Waals surface area contributed by atoms with Gasteiger partial charge in [-0.25, -0.2) is 0 Å². The van der Waals surface area contributed by atoms with Crippen molar-refractivity contribution in [1.29, 1.82) is 0 Å². The molecule has 1 aromatic heterocycles. The number of amides is 1. The number of carbonyl (C=O) groups is 1. The van der Waals surface area contributed by atoms with Crippen molar-refractivity contribution in [3.63, 3.8) is 0 Å². The Hall–Kier alpha value is -2.63. The zero-order valence-corrected chi connectivity index (χ0v) is 16.4. The van der Waals surface area contributed by atoms with Crippen LogP contribution in [0.3, 0.4) is 0 Å². The minimum atomic E-state index is -0.128. The van der Waals surface area contributed by atoms with Crippen molar-refractivity contribution < 1.29 is 9.21 Å². The maximum absolute atomic E-state index is 12.5. The van der Waals surface area contributed by atoms with E-state index >= 15 is 0 Å². The molecule has 3 aromatic rings. The quantitative estimate of drug-likeness (QED) is 0.716. The molecule has 28 heavy (non-hydrogen) atoms. The van der Waals surface area contributed by atoms with Gasteiger partial charge in [-0.2, -0.15) is 0 Å². The monoisotopic (exact) mass is 377 g/mol. The van der Waals surface area contributed by atoms with E-state index in [0.29, 0.717) is 12.3 Å². The second-order valence-corrected chi connectivity index (χ2v) is 7.41. The third kappa shape index (κ3) is 4.26. The van der Waals surface area contributed by atoms with E-state index in [2.05, 4.69) is 45.4 Å². The largest absolute Gasteiger partial charge is 0.451 e. The number of para-hydroxylation sites is 1. The first-order valence-corrected chi connectivity index (χ1v) is 9.95. The van der Waals surface area contributed by atoms with Crippen LogP contribution in [0.15, 0.2) is 59.0 Å². The molecule has 0 radical (unpaired) electrons. The van der Waals surface area contributed by atoms with Crippen LogP contribution in [0.5, 0.6) is 0 Å². The molecule has 1 aliphatic rings. The van der Waals surface area contributed by atoms with Gasteiger partial charge in [0.25, 0.3) is 5.91 Å². The minimum Gasteiger partial charge on any atom is -0.451 e. The summed E-state index contributed by atoms with van der Waals surface area (Å²) in [6.45, 7) is 8.64. The first-order valence-electron chi connectivity index (χ1n) is 9.95. The van der Waals surface area contributed by atoms with Gasteiger partial charge >= 0.3 is 0 Å². The molecule has 0 bridgehead atoms. The molecule has 1 N–H and O–H groups in total. The van der Waals surface area contributed by atoms with Gasteiger partial charge in [-0.3, -0.25) is 14.6 Å². The summed E-state index contributed by atoms with van der Waals surface area (Å²) in [7, 11) is 0. The van der Waals surface area contributed by atoms with E-state index in [1.165, 1.54) is 5.56 Å². The van der Waals surface area contributed by atoms with Gasteiger partial charge < -0.3 is 9.73 Å². The molecular weight excluding hydrogens is 350 g/mol. The molecule has 5 nitrogen and oxygen atoms in total. The zero-order valence-electron chi connectivity index (χ0n) is 16.4. The van der Waals surface area contributed by atoms with Gasteiger partial charge in [-0.05, 0) is 18.6 Å². The van der Waals surface area contributed by atoms with Crippen LogP contribution in [-0.2, 0) is 6.54 Å². The van der Waals surface area contributed by atoms with E-state index in [1.807, 2.05) is 31.2 Å². The van der Waals surface area contributed by atoms with Crippen LogP contribution in [0, 0.1) is 6.92 Å². The van der Waals surface area contributed by atoms with Crippen LogP contribution in [0.4, 0.5) is 0 Å². The first-order chi connectivity index (χ1) is 13.7. The Morgan fingerprint density at radius 3 is 2.39 bits per heavy atom. The summed E-state index contributed by atoms with van der Waals surface area (Å²) in [5, 5.41) is 4.01. The average Bonchev–Trinajstić information content (AvgIpc) is 3.07. The number of hydrogen-bond donors (Lipinski definition) is 1. The van der Waals surface area contributed by atoms with E-state index in [1.54, 1.807) is 0 Å². The minimum absolute atomic E-state index is 0.128. The molecule has 0 spiro atoms. The Kier molecular flexibility index (Phi) is 5.74. The van der Waals surface area contributed by atoms with Gasteiger partial charge in [0.1, 0.15) is 5.58 Å². The molecule has 4 rings (SSSR count). The standard InChI is InChI=1S/C23H27N3O2/c1-18-20-9-5-6-10-21(20)28-22(18)23(27)24-11-12-25-13-15-26(16-14-25)17-19-7-3-2-4-8-19/h2-10H,11-17H2,1H3,(H,24,27). The Morgan fingerprint density at radius 2 is 1.64 bits per heavy atom. The molecule has 1 fully saturated rings. The highest BCUT2D eigenvalue weighted by Gasteiger charge is 2.19. The number of piperazine rings is 1. The summed E-state index contributed by atoms with van der Waals surface area (Å²) in [6.07, 6.45) is 0. The zero-order chi connectivity index (χ0) is 19.3. The fraction of sp³-hybridized carbons (Fsp3) is 0.348. The van der Waals surface area contributed by atoms with Crippen LogP contribution in [-0.4, -0.2) is 55.0 Å². The van der Waals surface area contributed by atoms with Gasteiger partial charge in [0.05, 0.1) is 0 Å². The number of hydrogen-bond acceptors (Lipinski definition) is 4. The molecule has 1 amide bonds. The van der Waals surface area contributed by atoms with Crippen molar-refractivity contribution >= 4 is 16.9 Å². The molecule has 0 saturated carbocycles. The highest BCUT2D eigenvalue weighted by molar-refractivity contribution is 5.98. The lowest BCUT2D eigenvalue weighted by molar-refractivity contribution is 0.0908. The summed E-state index contributed by atoms with van der Waals surface area (Å²) in [5.41, 5.74) is 3.03. The van der Waals surface area contributed by atoms with Gasteiger partial charge in [-0.1, -0.05) is 48.5 Å². The number of rotatable bonds is 6. The maximum atomic E-state index is 12.5. The highest BCUT2D eigenvalue weighted by atomic mass is 16.3. The molecule has 1 aliphatic heterocycles. The van der Waals surface area contributed by atoms with E-state index in [9.17, 15) is 4.79 Å². The van der Waals surface area contributed by atoms with E-state index in [-0.39, 0.29) is 5.91 Å². The van der Waals surface area contributed by atoms with E-state index in [0.717, 1.165) is 55.8 Å². The van der Waals surface area contributed by atoms with Crippen molar-refractivity contribution in [1.82, 2.24) is 15.1 Å². The van der Waals surface area contributed by atoms with Crippen LogP contribution in [0.1, 0.15) is 21.7 Å². The molecular formula is C23H27N3O2. The molecule has 2 aromatic carbocycles. The van der Waals surface area contributed by atoms with Gasteiger partial charge in [0, 0.05) is 56.8 Å². The van der Waals surface area contributed by atoms with E-state index < -0.39 is 0 Å². The summed E-state index contributed by atoms with van der Waals surface area (Å²) in [4.78, 5) is 17.4. The first kappa shape index (κ1) is 18.7. The SMILES string of the molecule is Cc1c(C(=O)NCCN2CCN(Cc3ccccc3)CC2)oc2ccccc12. The van der Waals surface area contributed by atoms with Crippen molar-refractivity contribution in [2.75, 3.05) is 39.3 Å². The fourth-order valence-electron chi connectivity index (χ4n) is 3.81. The summed E-state index contributed by atoms with van der Waals surface area (Å²) >= 11 is 0. The predicted octanol–water partition coefficient (Wildman–Crippen LogP) is 3.29. The molecule has 5 heteroatoms. The fourth-order valence-corrected chi connectivity index (χ4v) is 3.81. The van der Waals surface area contributed by atoms with Gasteiger partial charge in [0.15, 0.2) is 5.76 Å². The predicted molar refractivity (Wildman–Crippen MR) is 111 cm³/mol. The molecule has 0 aliphatic carbocycles. The Labute approximate surface area is 165 Å². The lowest BCUT2D eigenvalue weighted by atomic mass is 10.1. The van der Waals surface area contributed by atoms with Crippen LogP contribution in [0.25, 0.3) is 11.0 Å². The van der Waals surface area contributed by atoms with Crippen molar-refractivity contribution in [3.05, 3.63) is 71.5 Å². The number of benzene rings is 2. The molecule has 2 heterocycles. The van der Waals surface area contributed by atoms with Crippen molar-refractivity contribution in [3.8, 4) is 0 Å². The maximum Gasteiger partial charge on any atom is 0.287 e. The summed E-state index contributed by atoms with van der Waals surface area (Å²) in [6, 6.07) is 18.4. The number of aryl methyl sites for hydroxylation is 1. The van der Waals surface area contributed by atoms with Crippen LogP contribution in [0.2, 0.25) is 0 Å². The summed E-state index contributed by atoms with van der Waals surface area (Å²) in [5.74, 6) is 0.297. The average molecular weight is 377 g/mol. The number of fused-ring (bicyclic) bond motifs is 1. The van der Waals surface area contributed by atoms with Crippen LogP contribution < -0.4 is 5.32 Å². The number of nitrogens with one attached hydrogen (secondary N) is 1. The Morgan fingerprint density at radius 1 is 0.964 bits per heavy atom. The second-order valence-electron chi connectivity index (χ2n) is 7.41. The Bertz CT molecular complexity index is 927. The third-order valence-electron chi connectivity index (χ3n) is 5.48. The number of furan rings is 1. The molecule has 1 saturated heterocycles. The number of nitrogens with zero attached hydrogens (tertiary/aromatic N) is 2.